The Bertz CT molecular complexity index is 4610. The van der Waals surface area contributed by atoms with E-state index in [1.165, 1.54) is 33.3 Å². The number of carbonyl (C=O) groups is 9. The van der Waals surface area contributed by atoms with E-state index in [-0.39, 0.29) is 97.2 Å². The molecule has 5 atom stereocenters. The summed E-state index contributed by atoms with van der Waals surface area (Å²) in [4.78, 5) is 134. The number of nitrogens with zero attached hydrogens (tertiary/aromatic N) is 8. The number of aliphatic hydroxyl groups is 1. The lowest BCUT2D eigenvalue weighted by Gasteiger charge is -2.31. The highest BCUT2D eigenvalue weighted by Crippen LogP contribution is 2.57. The lowest BCUT2D eigenvalue weighted by Crippen LogP contribution is -2.55. The van der Waals surface area contributed by atoms with Crippen molar-refractivity contribution in [3.63, 3.8) is 0 Å². The first-order chi connectivity index (χ1) is 50.6. The minimum atomic E-state index is -1.50. The van der Waals surface area contributed by atoms with E-state index in [1.807, 2.05) is 91.3 Å². The second-order valence-corrected chi connectivity index (χ2v) is 27.7. The first-order valence-electron chi connectivity index (χ1n) is 35.2. The molecule has 2 fully saturated rings. The van der Waals surface area contributed by atoms with Gasteiger partial charge in [0.1, 0.15) is 24.4 Å². The number of anilines is 4. The van der Waals surface area contributed by atoms with Crippen LogP contribution in [0, 0.1) is 11.3 Å². The van der Waals surface area contributed by atoms with Crippen molar-refractivity contribution in [2.24, 2.45) is 16.3 Å². The second kappa shape index (κ2) is 30.3. The number of fused-ring (bicyclic) bond motifs is 11. The number of rotatable bonds is 24. The van der Waals surface area contributed by atoms with Crippen LogP contribution in [0.3, 0.4) is 0 Å². The van der Waals surface area contributed by atoms with Gasteiger partial charge in [0.15, 0.2) is 29.2 Å². The standard InChI is InChI=1S/C77H83N13O15/c1-43(2)68(83-66(93)39-80-65(92)38-79-64(91)25-26-67(94)86-40-48-16-8-10-17-51(48)70-69(84-85-90(70)44(3)4)52-18-11-13-20-57(52)86)72(96)81-45(5)71(95)82-49-23-21-46(22-24-49)41-105-76(100)89-58-35-63(61(102-7)33-54(58)73(97)87-42-77(27-28-77)36-59(87)75(89)99)104-30-14-29-103-62-34-55-53(32-60(62)101-6)74(98)88-50(37-78-55)31-47-15-9-12-19-56(47)88/h8-13,15-24,32-35,37,43-45,50,59,68,75,99H,14,25-31,36,38-42H2,1-7H3,(H,79,91)(H,80,92)(H,81,96)(H,82,95)(H,83,93)/t45-,50-,59-,68-,75?/m0/s1. The number of ether oxygens (including phenoxy) is 5. The summed E-state index contributed by atoms with van der Waals surface area (Å²) in [6, 6.07) is 32.5. The van der Waals surface area contributed by atoms with Crippen molar-refractivity contribution in [3.8, 4) is 45.5 Å². The maximum absolute atomic E-state index is 14.5. The van der Waals surface area contributed by atoms with Gasteiger partial charge in [0.2, 0.25) is 35.4 Å². The Hall–Kier alpha value is -11.7. The summed E-state index contributed by atoms with van der Waals surface area (Å²) < 4.78 is 31.7. The number of hydrogen-bond donors (Lipinski definition) is 6. The summed E-state index contributed by atoms with van der Waals surface area (Å²) in [5, 5.41) is 34.2. The van der Waals surface area contributed by atoms with Crippen molar-refractivity contribution >= 4 is 88.0 Å². The van der Waals surface area contributed by atoms with E-state index in [1.54, 1.807) is 71.2 Å². The van der Waals surface area contributed by atoms with Crippen molar-refractivity contribution < 1.29 is 71.9 Å². The fraction of sp³-hybridized carbons (Fsp3) is 0.377. The average molecular weight is 1430 g/mol. The summed E-state index contributed by atoms with van der Waals surface area (Å²) in [5.74, 6) is -3.43. The zero-order valence-corrected chi connectivity index (χ0v) is 59.3. The van der Waals surface area contributed by atoms with Crippen LogP contribution >= 0.6 is 0 Å². The Morgan fingerprint density at radius 1 is 0.667 bits per heavy atom. The predicted octanol–water partition coefficient (Wildman–Crippen LogP) is 7.96. The van der Waals surface area contributed by atoms with Crippen LogP contribution in [0.1, 0.15) is 117 Å². The summed E-state index contributed by atoms with van der Waals surface area (Å²) >= 11 is 0. The molecule has 6 heterocycles. The molecule has 1 unspecified atom stereocenters. The van der Waals surface area contributed by atoms with Crippen LogP contribution in [0.25, 0.3) is 22.5 Å². The van der Waals surface area contributed by atoms with Crippen molar-refractivity contribution in [1.29, 1.82) is 0 Å². The normalized spacial score (nSPS) is 17.5. The van der Waals surface area contributed by atoms with E-state index in [4.69, 9.17) is 28.7 Å². The van der Waals surface area contributed by atoms with E-state index in [2.05, 4.69) is 36.9 Å². The number of benzene rings is 6. The molecule has 546 valence electrons. The molecule has 9 amide bonds. The third kappa shape index (κ3) is 15.0. The fourth-order valence-electron chi connectivity index (χ4n) is 14.1. The third-order valence-corrected chi connectivity index (χ3v) is 19.9. The highest BCUT2D eigenvalue weighted by atomic mass is 16.6. The SMILES string of the molecule is COc1cc2c(cc1OCCCOc1cc3c(cc1OC)C(=O)N1CC4(CC4)C[C@H]1C(O)N3C(=O)OCc1ccc(NC(=O)[C@H](C)NC(=O)[C@@H](NC(=O)CNC(=O)CNC(=O)CCC(=O)N3Cc4ccccc4-c4c(nnn4C(C)C)-c4ccccc43)C(C)C)cc1)N=C[C@@H]1Cc3ccccc3N1C2=O. The molecule has 7 aromatic rings. The molecule has 28 heteroatoms. The maximum Gasteiger partial charge on any atom is 0.416 e. The molecule has 1 aliphatic carbocycles. The van der Waals surface area contributed by atoms with Gasteiger partial charge in [-0.1, -0.05) is 91.9 Å². The zero-order chi connectivity index (χ0) is 74.0. The molecule has 6 N–H and O–H groups in total. The molecule has 6 aromatic carbocycles. The molecule has 6 aliphatic rings. The van der Waals surface area contributed by atoms with Crippen LogP contribution in [0.15, 0.2) is 126 Å². The maximum atomic E-state index is 14.5. The Labute approximate surface area is 605 Å². The Kier molecular flexibility index (Phi) is 20.7. The number of para-hydroxylation sites is 2. The lowest BCUT2D eigenvalue weighted by atomic mass is 9.95. The smallest absolute Gasteiger partial charge is 0.416 e. The monoisotopic (exact) mass is 1430 g/mol. The van der Waals surface area contributed by atoms with Crippen LogP contribution in [0.5, 0.6) is 23.0 Å². The Balaban J connectivity index is 0.569. The summed E-state index contributed by atoms with van der Waals surface area (Å²) in [7, 11) is 2.93. The quantitative estimate of drug-likeness (QED) is 0.0312. The number of carbonyl (C=O) groups excluding carboxylic acids is 9. The predicted molar refractivity (Wildman–Crippen MR) is 387 cm³/mol. The number of nitrogens with one attached hydrogen (secondary N) is 5. The number of methoxy groups -OCH3 is 2. The van der Waals surface area contributed by atoms with Gasteiger partial charge in [0.25, 0.3) is 11.8 Å². The van der Waals surface area contributed by atoms with Crippen molar-refractivity contribution in [3.05, 3.63) is 149 Å². The highest BCUT2D eigenvalue weighted by molar-refractivity contribution is 6.15. The second-order valence-electron chi connectivity index (χ2n) is 27.7. The first-order valence-corrected chi connectivity index (χ1v) is 35.2. The fourth-order valence-corrected chi connectivity index (χ4v) is 14.1. The molecule has 28 nitrogen and oxygen atoms in total. The highest BCUT2D eigenvalue weighted by Gasteiger charge is 2.58. The van der Waals surface area contributed by atoms with E-state index >= 15 is 0 Å². The van der Waals surface area contributed by atoms with E-state index in [0.717, 1.165) is 51.4 Å². The van der Waals surface area contributed by atoms with Gasteiger partial charge in [-0.25, -0.2) is 14.4 Å². The van der Waals surface area contributed by atoms with Crippen molar-refractivity contribution in [1.82, 2.24) is 41.2 Å². The summed E-state index contributed by atoms with van der Waals surface area (Å²) in [6.07, 6.45) is 2.19. The topological polar surface area (TPSA) is 336 Å². The molecular weight excluding hydrogens is 1350 g/mol. The zero-order valence-electron chi connectivity index (χ0n) is 59.3. The average Bonchev–Trinajstić information content (AvgIpc) is 1.60. The van der Waals surface area contributed by atoms with E-state index < -0.39 is 79.0 Å². The van der Waals surface area contributed by atoms with Crippen LogP contribution < -0.4 is 60.2 Å². The molecule has 0 radical (unpaired) electrons. The Morgan fingerprint density at radius 3 is 2.03 bits per heavy atom. The Morgan fingerprint density at radius 2 is 1.32 bits per heavy atom. The first kappa shape index (κ1) is 71.7. The molecule has 1 saturated heterocycles. The number of aliphatic hydroxyl groups excluding tert-OH is 1. The lowest BCUT2D eigenvalue weighted by molar-refractivity contribution is -0.132. The van der Waals surface area contributed by atoms with Crippen LogP contribution in [0.2, 0.25) is 0 Å². The molecular formula is C77H83N13O15. The van der Waals surface area contributed by atoms with Gasteiger partial charge in [-0.15, -0.1) is 5.10 Å². The van der Waals surface area contributed by atoms with Gasteiger partial charge < -0.3 is 65.2 Å². The molecule has 5 aliphatic heterocycles. The summed E-state index contributed by atoms with van der Waals surface area (Å²) in [5.41, 5.74) is 8.19. The molecule has 13 rings (SSSR count). The van der Waals surface area contributed by atoms with Gasteiger partial charge in [-0.2, -0.15) is 0 Å². The van der Waals surface area contributed by atoms with E-state index in [0.29, 0.717) is 71.2 Å². The van der Waals surface area contributed by atoms with Gasteiger partial charge in [0.05, 0.1) is 93.0 Å². The largest absolute Gasteiger partial charge is 0.493 e. The van der Waals surface area contributed by atoms with Crippen LogP contribution in [0.4, 0.5) is 33.2 Å². The van der Waals surface area contributed by atoms with Gasteiger partial charge in [-0.05, 0) is 104 Å². The number of amides is 9. The van der Waals surface area contributed by atoms with E-state index in [9.17, 15) is 48.3 Å². The number of hydrogen-bond acceptors (Lipinski definition) is 18. The minimum absolute atomic E-state index is 0.0195. The minimum Gasteiger partial charge on any atom is -0.493 e. The van der Waals surface area contributed by atoms with Gasteiger partial charge >= 0.3 is 6.09 Å². The number of aliphatic imine (C=N–C) groups is 1. The molecule has 1 aromatic heterocycles. The van der Waals surface area contributed by atoms with Crippen LogP contribution in [-0.4, -0.2) is 162 Å². The van der Waals surface area contributed by atoms with Gasteiger partial charge in [0, 0.05) is 79.1 Å². The third-order valence-electron chi connectivity index (χ3n) is 19.9. The van der Waals surface area contributed by atoms with Crippen molar-refractivity contribution in [2.45, 2.75) is 129 Å². The molecule has 1 saturated carbocycles. The van der Waals surface area contributed by atoms with Gasteiger partial charge in [-0.3, -0.25) is 48.2 Å². The molecule has 0 bridgehead atoms. The molecule has 105 heavy (non-hydrogen) atoms. The summed E-state index contributed by atoms with van der Waals surface area (Å²) in [6.45, 7) is 8.49. The molecule has 1 spiro atoms. The van der Waals surface area contributed by atoms with Crippen molar-refractivity contribution in [2.75, 3.05) is 67.1 Å². The number of aromatic nitrogens is 3. The van der Waals surface area contributed by atoms with Crippen LogP contribution in [-0.2, 0) is 53.1 Å².